The average molecular weight is 410 g/mol. The molecule has 0 bridgehead atoms. The molecule has 0 unspecified atom stereocenters. The van der Waals surface area contributed by atoms with Crippen LogP contribution < -0.4 is 10.5 Å². The van der Waals surface area contributed by atoms with Crippen molar-refractivity contribution in [1.29, 1.82) is 0 Å². The van der Waals surface area contributed by atoms with Crippen LogP contribution in [0.5, 0.6) is 0 Å². The third-order valence-electron chi connectivity index (χ3n) is 4.24. The summed E-state index contributed by atoms with van der Waals surface area (Å²) < 4.78 is 1.76. The number of fused-ring (bicyclic) bond motifs is 1. The number of carbonyl (C=O) groups is 1. The number of amides is 1. The van der Waals surface area contributed by atoms with E-state index in [4.69, 9.17) is 16.7 Å². The van der Waals surface area contributed by atoms with Crippen LogP contribution in [0.1, 0.15) is 5.56 Å². The molecule has 2 aromatic heterocycles. The van der Waals surface area contributed by atoms with E-state index in [1.165, 1.54) is 0 Å². The van der Waals surface area contributed by atoms with Gasteiger partial charge in [-0.15, -0.1) is 0 Å². The topological polar surface area (TPSA) is 85.8 Å². The van der Waals surface area contributed by atoms with Gasteiger partial charge in [0.1, 0.15) is 5.52 Å². The number of benzene rings is 2. The largest absolute Gasteiger partial charge is 0.326 e. The summed E-state index contributed by atoms with van der Waals surface area (Å²) in [4.78, 5) is 17.2. The number of hydrogen-bond acceptors (Lipinski definition) is 5. The van der Waals surface area contributed by atoms with Gasteiger partial charge >= 0.3 is 0 Å². The molecule has 0 aliphatic heterocycles. The molecule has 0 aliphatic carbocycles. The second-order valence-electron chi connectivity index (χ2n) is 6.12. The van der Waals surface area contributed by atoms with E-state index < -0.39 is 0 Å². The summed E-state index contributed by atoms with van der Waals surface area (Å²) in [7, 11) is 0. The van der Waals surface area contributed by atoms with Crippen molar-refractivity contribution in [2.45, 2.75) is 11.3 Å². The Kier molecular flexibility index (Phi) is 5.29. The summed E-state index contributed by atoms with van der Waals surface area (Å²) in [6.07, 6.45) is 5.56. The van der Waals surface area contributed by atoms with Crippen LogP contribution in [0, 0.1) is 0 Å². The van der Waals surface area contributed by atoms with Gasteiger partial charge in [-0.3, -0.25) is 14.9 Å². The van der Waals surface area contributed by atoms with Crippen LogP contribution in [0.2, 0.25) is 5.02 Å². The highest BCUT2D eigenvalue weighted by Gasteiger charge is 2.11. The molecule has 3 N–H and O–H groups in total. The van der Waals surface area contributed by atoms with Crippen molar-refractivity contribution in [3.8, 4) is 5.69 Å². The monoisotopic (exact) mass is 409 g/mol. The van der Waals surface area contributed by atoms with Gasteiger partial charge in [-0.25, -0.2) is 4.68 Å². The number of carbonyl (C=O) groups excluding carboxylic acids is 1. The minimum Gasteiger partial charge on any atom is -0.326 e. The van der Waals surface area contributed by atoms with Crippen molar-refractivity contribution in [2.24, 2.45) is 5.14 Å². The van der Waals surface area contributed by atoms with Gasteiger partial charge < -0.3 is 5.32 Å². The van der Waals surface area contributed by atoms with E-state index in [1.807, 2.05) is 48.7 Å². The van der Waals surface area contributed by atoms with Crippen molar-refractivity contribution >= 4 is 46.0 Å². The standard InChI is InChI=1S/C20H16ClN5OS/c21-16-4-2-1-3-13(16)9-20(27)24-15-5-6-18(19(10-15)28-22)26-12-14-7-8-23-11-17(14)25-26/h1-8,10-12H,9,22H2,(H,24,27). The van der Waals surface area contributed by atoms with E-state index in [9.17, 15) is 4.79 Å². The van der Waals surface area contributed by atoms with Crippen molar-refractivity contribution in [2.75, 3.05) is 5.32 Å². The lowest BCUT2D eigenvalue weighted by Gasteiger charge is -2.11. The predicted molar refractivity (Wildman–Crippen MR) is 113 cm³/mol. The molecule has 28 heavy (non-hydrogen) atoms. The SMILES string of the molecule is NSc1cc(NC(=O)Cc2ccccc2Cl)ccc1-n1cc2ccncc2n1. The molecule has 0 saturated carbocycles. The number of aromatic nitrogens is 3. The van der Waals surface area contributed by atoms with Gasteiger partial charge in [-0.2, -0.15) is 5.10 Å². The van der Waals surface area contributed by atoms with Crippen LogP contribution in [-0.2, 0) is 11.2 Å². The molecule has 4 rings (SSSR count). The van der Waals surface area contributed by atoms with Gasteiger partial charge in [-0.1, -0.05) is 29.8 Å². The summed E-state index contributed by atoms with van der Waals surface area (Å²) in [5.74, 6) is -0.148. The molecular weight excluding hydrogens is 394 g/mol. The quantitative estimate of drug-likeness (QED) is 0.482. The van der Waals surface area contributed by atoms with Gasteiger partial charge in [0.05, 0.1) is 23.2 Å². The summed E-state index contributed by atoms with van der Waals surface area (Å²) in [6.45, 7) is 0. The predicted octanol–water partition coefficient (Wildman–Crippen LogP) is 4.22. The van der Waals surface area contributed by atoms with E-state index in [0.29, 0.717) is 10.7 Å². The Balaban J connectivity index is 1.56. The summed E-state index contributed by atoms with van der Waals surface area (Å²) in [6, 6.07) is 14.7. The zero-order chi connectivity index (χ0) is 19.5. The third kappa shape index (κ3) is 3.87. The molecule has 0 saturated heterocycles. The number of nitrogens with one attached hydrogen (secondary N) is 1. The number of halogens is 1. The fourth-order valence-electron chi connectivity index (χ4n) is 2.89. The maximum atomic E-state index is 12.4. The van der Waals surface area contributed by atoms with Gasteiger partial charge in [0.2, 0.25) is 5.91 Å². The number of hydrogen-bond donors (Lipinski definition) is 2. The minimum absolute atomic E-state index is 0.148. The molecule has 0 atom stereocenters. The minimum atomic E-state index is -0.148. The molecule has 140 valence electrons. The summed E-state index contributed by atoms with van der Waals surface area (Å²) in [5, 5.41) is 14.8. The van der Waals surface area contributed by atoms with Gasteiger partial charge in [-0.05, 0) is 47.8 Å². The lowest BCUT2D eigenvalue weighted by molar-refractivity contribution is -0.115. The van der Waals surface area contributed by atoms with Gasteiger partial charge in [0, 0.05) is 28.5 Å². The van der Waals surface area contributed by atoms with Crippen LogP contribution in [0.4, 0.5) is 5.69 Å². The van der Waals surface area contributed by atoms with E-state index in [0.717, 1.165) is 39.0 Å². The zero-order valence-electron chi connectivity index (χ0n) is 14.7. The van der Waals surface area contributed by atoms with E-state index >= 15 is 0 Å². The normalized spacial score (nSPS) is 10.9. The van der Waals surface area contributed by atoms with Crippen molar-refractivity contribution in [3.05, 3.63) is 77.7 Å². The van der Waals surface area contributed by atoms with Crippen molar-refractivity contribution in [3.63, 3.8) is 0 Å². The van der Waals surface area contributed by atoms with Crippen LogP contribution in [0.15, 0.2) is 72.0 Å². The number of pyridine rings is 1. The number of nitrogens with two attached hydrogens (primary N) is 1. The van der Waals surface area contributed by atoms with E-state index in [1.54, 1.807) is 23.1 Å². The Bertz CT molecular complexity index is 1130. The maximum absolute atomic E-state index is 12.4. The van der Waals surface area contributed by atoms with E-state index in [2.05, 4.69) is 15.4 Å². The lowest BCUT2D eigenvalue weighted by Crippen LogP contribution is -2.15. The molecule has 2 aromatic carbocycles. The molecule has 0 fully saturated rings. The first kappa shape index (κ1) is 18.5. The Morgan fingerprint density at radius 1 is 1.21 bits per heavy atom. The Morgan fingerprint density at radius 2 is 2.07 bits per heavy atom. The van der Waals surface area contributed by atoms with Crippen LogP contribution in [-0.4, -0.2) is 20.7 Å². The molecule has 2 heterocycles. The number of anilines is 1. The first-order valence-corrected chi connectivity index (χ1v) is 9.73. The molecule has 0 radical (unpaired) electrons. The number of nitrogens with zero attached hydrogens (tertiary/aromatic N) is 3. The fourth-order valence-corrected chi connectivity index (χ4v) is 3.57. The molecule has 8 heteroatoms. The van der Waals surface area contributed by atoms with Crippen LogP contribution >= 0.6 is 23.5 Å². The molecular formula is C20H16ClN5OS. The zero-order valence-corrected chi connectivity index (χ0v) is 16.2. The van der Waals surface area contributed by atoms with Gasteiger partial charge in [0.15, 0.2) is 0 Å². The lowest BCUT2D eigenvalue weighted by atomic mass is 10.1. The van der Waals surface area contributed by atoms with E-state index in [-0.39, 0.29) is 12.3 Å². The highest BCUT2D eigenvalue weighted by molar-refractivity contribution is 7.97. The molecule has 0 spiro atoms. The van der Waals surface area contributed by atoms with Crippen LogP contribution in [0.25, 0.3) is 16.6 Å². The molecule has 4 aromatic rings. The summed E-state index contributed by atoms with van der Waals surface area (Å²) in [5.41, 5.74) is 3.07. The smallest absolute Gasteiger partial charge is 0.228 e. The highest BCUT2D eigenvalue weighted by atomic mass is 35.5. The fraction of sp³-hybridized carbons (Fsp3) is 0.0500. The summed E-state index contributed by atoms with van der Waals surface area (Å²) >= 11 is 7.23. The van der Waals surface area contributed by atoms with Crippen LogP contribution in [0.3, 0.4) is 0 Å². The first-order valence-electron chi connectivity index (χ1n) is 8.48. The number of rotatable bonds is 5. The highest BCUT2D eigenvalue weighted by Crippen LogP contribution is 2.27. The Labute approximate surface area is 170 Å². The Morgan fingerprint density at radius 3 is 2.86 bits per heavy atom. The van der Waals surface area contributed by atoms with Crippen molar-refractivity contribution < 1.29 is 4.79 Å². The first-order chi connectivity index (χ1) is 13.6. The Hall–Kier alpha value is -2.87. The third-order valence-corrected chi connectivity index (χ3v) is 5.19. The van der Waals surface area contributed by atoms with Gasteiger partial charge in [0.25, 0.3) is 0 Å². The van der Waals surface area contributed by atoms with Crippen molar-refractivity contribution in [1.82, 2.24) is 14.8 Å². The second kappa shape index (κ2) is 8.02. The maximum Gasteiger partial charge on any atom is 0.228 e. The second-order valence-corrected chi connectivity index (χ2v) is 7.21. The molecule has 0 aliphatic rings. The molecule has 6 nitrogen and oxygen atoms in total. The molecule has 1 amide bonds. The average Bonchev–Trinajstić information content (AvgIpc) is 3.13.